The number of thiophene rings is 1. The Bertz CT molecular complexity index is 609. The Morgan fingerprint density at radius 1 is 1.55 bits per heavy atom. The van der Waals surface area contributed by atoms with Crippen LogP contribution in [-0.4, -0.2) is 10.7 Å². The van der Waals surface area contributed by atoms with Gasteiger partial charge in [-0.05, 0) is 42.6 Å². The molecular formula is C17H23BrN2OS. The smallest absolute Gasteiger partial charge is 0.238 e. The van der Waals surface area contributed by atoms with Crippen molar-refractivity contribution < 1.29 is 4.79 Å². The maximum absolute atomic E-state index is 12.1. The van der Waals surface area contributed by atoms with Gasteiger partial charge in [-0.2, -0.15) is 5.26 Å². The van der Waals surface area contributed by atoms with E-state index < -0.39 is 0 Å². The lowest BCUT2D eigenvalue weighted by Crippen LogP contribution is -2.26. The van der Waals surface area contributed by atoms with Crippen LogP contribution >= 0.6 is 27.3 Å². The fraction of sp³-hybridized carbons (Fsp3) is 0.647. The number of hydrogen-bond acceptors (Lipinski definition) is 3. The molecule has 1 aliphatic carbocycles. The van der Waals surface area contributed by atoms with Gasteiger partial charge in [0.25, 0.3) is 0 Å². The summed E-state index contributed by atoms with van der Waals surface area (Å²) in [6.45, 7) is 8.79. The van der Waals surface area contributed by atoms with E-state index in [9.17, 15) is 10.1 Å². The van der Waals surface area contributed by atoms with Gasteiger partial charge in [-0.15, -0.1) is 11.3 Å². The highest BCUT2D eigenvalue weighted by molar-refractivity contribution is 9.10. The van der Waals surface area contributed by atoms with E-state index in [2.05, 4.69) is 48.1 Å². The molecule has 120 valence electrons. The highest BCUT2D eigenvalue weighted by Crippen LogP contribution is 2.44. The highest BCUT2D eigenvalue weighted by Gasteiger charge is 2.32. The third-order valence-corrected chi connectivity index (χ3v) is 6.71. The second kappa shape index (κ2) is 6.72. The maximum Gasteiger partial charge on any atom is 0.238 e. The van der Waals surface area contributed by atoms with Gasteiger partial charge in [0.05, 0.1) is 10.4 Å². The lowest BCUT2D eigenvalue weighted by Gasteiger charge is -2.33. The molecule has 0 unspecified atom stereocenters. The van der Waals surface area contributed by atoms with Gasteiger partial charge in [-0.3, -0.25) is 4.79 Å². The van der Waals surface area contributed by atoms with E-state index in [1.165, 1.54) is 4.88 Å². The monoisotopic (exact) mass is 382 g/mol. The number of nitrogens with zero attached hydrogens (tertiary/aromatic N) is 1. The Balaban J connectivity index is 2.27. The molecular weight excluding hydrogens is 360 g/mol. The van der Waals surface area contributed by atoms with E-state index in [0.29, 0.717) is 11.5 Å². The van der Waals surface area contributed by atoms with Crippen molar-refractivity contribution in [3.8, 4) is 6.07 Å². The predicted octanol–water partition coefficient (Wildman–Crippen LogP) is 4.88. The quantitative estimate of drug-likeness (QED) is 0.756. The fourth-order valence-electron chi connectivity index (χ4n) is 2.91. The summed E-state index contributed by atoms with van der Waals surface area (Å²) >= 11 is 4.95. The lowest BCUT2D eigenvalue weighted by molar-refractivity contribution is -0.115. The number of amides is 1. The Morgan fingerprint density at radius 2 is 2.23 bits per heavy atom. The molecule has 5 heteroatoms. The molecule has 0 fully saturated rings. The number of rotatable bonds is 3. The van der Waals surface area contributed by atoms with Crippen LogP contribution in [-0.2, 0) is 17.6 Å². The van der Waals surface area contributed by atoms with Crippen molar-refractivity contribution in [2.75, 3.05) is 5.32 Å². The number of carbonyl (C=O) groups is 1. The molecule has 1 amide bonds. The minimum Gasteiger partial charge on any atom is -0.316 e. The Hall–Kier alpha value is -0.860. The number of nitriles is 1. The molecule has 3 nitrogen and oxygen atoms in total. The number of anilines is 1. The average Bonchev–Trinajstić information content (AvgIpc) is 2.81. The van der Waals surface area contributed by atoms with Crippen molar-refractivity contribution in [3.63, 3.8) is 0 Å². The molecule has 1 heterocycles. The first-order valence-corrected chi connectivity index (χ1v) is 9.50. The summed E-state index contributed by atoms with van der Waals surface area (Å²) in [5.74, 6) is 0.568. The van der Waals surface area contributed by atoms with Crippen LogP contribution in [0.5, 0.6) is 0 Å². The second-order valence-electron chi connectivity index (χ2n) is 6.99. The largest absolute Gasteiger partial charge is 0.316 e. The molecule has 1 aliphatic rings. The van der Waals surface area contributed by atoms with Gasteiger partial charge in [-0.1, -0.05) is 43.6 Å². The molecule has 0 aliphatic heterocycles. The SMILES string of the molecule is CC[C@@H](Br)C(=O)Nc1sc2c(c1C#N)CC[C@@H](C(C)(C)C)C2. The molecule has 1 aromatic heterocycles. The normalized spacial score (nSPS) is 19.2. The molecule has 0 saturated heterocycles. The highest BCUT2D eigenvalue weighted by atomic mass is 79.9. The standard InChI is InChI=1S/C17H23BrN2OS/c1-5-13(18)15(21)20-16-12(9-19)11-7-6-10(17(2,3)4)8-14(11)22-16/h10,13H,5-8H2,1-4H3,(H,20,21)/t10-,13-/m1/s1. The first-order valence-electron chi connectivity index (χ1n) is 7.77. The number of alkyl halides is 1. The van der Waals surface area contributed by atoms with E-state index in [0.717, 1.165) is 36.2 Å². The minimum atomic E-state index is -0.208. The number of nitrogens with one attached hydrogen (secondary N) is 1. The van der Waals surface area contributed by atoms with E-state index in [1.807, 2.05) is 6.92 Å². The van der Waals surface area contributed by atoms with Crippen molar-refractivity contribution in [2.24, 2.45) is 11.3 Å². The Morgan fingerprint density at radius 3 is 2.77 bits per heavy atom. The van der Waals surface area contributed by atoms with Crippen LogP contribution in [0.15, 0.2) is 0 Å². The zero-order chi connectivity index (χ0) is 16.5. The van der Waals surface area contributed by atoms with Gasteiger partial charge in [0.1, 0.15) is 11.1 Å². The van der Waals surface area contributed by atoms with Crippen LogP contribution in [0.25, 0.3) is 0 Å². The molecule has 1 aromatic rings. The summed E-state index contributed by atoms with van der Waals surface area (Å²) in [4.78, 5) is 13.2. The molecule has 0 aromatic carbocycles. The van der Waals surface area contributed by atoms with Gasteiger partial charge in [0.15, 0.2) is 0 Å². The molecule has 2 atom stereocenters. The van der Waals surface area contributed by atoms with E-state index in [-0.39, 0.29) is 16.1 Å². The zero-order valence-electron chi connectivity index (χ0n) is 13.6. The summed E-state index contributed by atoms with van der Waals surface area (Å²) in [7, 11) is 0. The molecule has 1 N–H and O–H groups in total. The van der Waals surface area contributed by atoms with Crippen LogP contribution < -0.4 is 5.32 Å². The van der Waals surface area contributed by atoms with E-state index in [1.54, 1.807) is 11.3 Å². The van der Waals surface area contributed by atoms with Gasteiger partial charge in [0.2, 0.25) is 5.91 Å². The first-order chi connectivity index (χ1) is 10.3. The third kappa shape index (κ3) is 3.55. The van der Waals surface area contributed by atoms with Crippen LogP contribution in [0, 0.1) is 22.7 Å². The van der Waals surface area contributed by atoms with Gasteiger partial charge >= 0.3 is 0 Å². The van der Waals surface area contributed by atoms with Crippen molar-refractivity contribution in [2.45, 2.75) is 58.2 Å². The van der Waals surface area contributed by atoms with Crippen molar-refractivity contribution in [3.05, 3.63) is 16.0 Å². The minimum absolute atomic E-state index is 0.0648. The topological polar surface area (TPSA) is 52.9 Å². The van der Waals surface area contributed by atoms with Crippen molar-refractivity contribution in [1.82, 2.24) is 0 Å². The van der Waals surface area contributed by atoms with Crippen LogP contribution in [0.1, 0.15) is 56.5 Å². The van der Waals surface area contributed by atoms with E-state index >= 15 is 0 Å². The van der Waals surface area contributed by atoms with E-state index in [4.69, 9.17) is 0 Å². The fourth-order valence-corrected chi connectivity index (χ4v) is 4.30. The van der Waals surface area contributed by atoms with Crippen molar-refractivity contribution >= 4 is 38.2 Å². The predicted molar refractivity (Wildman–Crippen MR) is 95.6 cm³/mol. The molecule has 2 rings (SSSR count). The summed E-state index contributed by atoms with van der Waals surface area (Å²) in [5.41, 5.74) is 2.11. The molecule has 0 spiro atoms. The number of hydrogen-bond donors (Lipinski definition) is 1. The number of carbonyl (C=O) groups excluding carboxylic acids is 1. The van der Waals surface area contributed by atoms with Gasteiger partial charge in [-0.25, -0.2) is 0 Å². The zero-order valence-corrected chi connectivity index (χ0v) is 16.0. The molecule has 0 radical (unpaired) electrons. The second-order valence-corrected chi connectivity index (χ2v) is 9.20. The number of fused-ring (bicyclic) bond motifs is 1. The number of halogens is 1. The summed E-state index contributed by atoms with van der Waals surface area (Å²) in [6.07, 6.45) is 3.80. The van der Waals surface area contributed by atoms with Crippen LogP contribution in [0.3, 0.4) is 0 Å². The summed E-state index contributed by atoms with van der Waals surface area (Å²) in [5, 5.41) is 13.2. The Kier molecular flexibility index (Phi) is 5.34. The summed E-state index contributed by atoms with van der Waals surface area (Å²) in [6, 6.07) is 2.30. The average molecular weight is 383 g/mol. The lowest BCUT2D eigenvalue weighted by atomic mass is 9.72. The van der Waals surface area contributed by atoms with Gasteiger partial charge < -0.3 is 5.32 Å². The molecule has 0 saturated carbocycles. The maximum atomic E-state index is 12.1. The van der Waals surface area contributed by atoms with Crippen LogP contribution in [0.4, 0.5) is 5.00 Å². The molecule has 0 bridgehead atoms. The van der Waals surface area contributed by atoms with Crippen LogP contribution in [0.2, 0.25) is 0 Å². The molecule has 22 heavy (non-hydrogen) atoms. The summed E-state index contributed by atoms with van der Waals surface area (Å²) < 4.78 is 0. The first kappa shape index (κ1) is 17.5. The Labute approximate surface area is 145 Å². The van der Waals surface area contributed by atoms with Crippen molar-refractivity contribution in [1.29, 1.82) is 5.26 Å². The third-order valence-electron chi connectivity index (χ3n) is 4.48. The van der Waals surface area contributed by atoms with Gasteiger partial charge in [0, 0.05) is 4.88 Å².